The van der Waals surface area contributed by atoms with E-state index >= 15 is 0 Å². The van der Waals surface area contributed by atoms with E-state index in [0.717, 1.165) is 0 Å². The van der Waals surface area contributed by atoms with Crippen LogP contribution in [0.25, 0.3) is 0 Å². The summed E-state index contributed by atoms with van der Waals surface area (Å²) in [6.07, 6.45) is -0.163. The molecule has 1 fully saturated rings. The number of hydrogen-bond acceptors (Lipinski definition) is 2. The van der Waals surface area contributed by atoms with E-state index in [-0.39, 0.29) is 6.09 Å². The summed E-state index contributed by atoms with van der Waals surface area (Å²) in [7, 11) is 0. The molecular formula is C9H17NO2. The summed E-state index contributed by atoms with van der Waals surface area (Å²) >= 11 is 0. The van der Waals surface area contributed by atoms with Crippen LogP contribution in [-0.4, -0.2) is 29.7 Å². The van der Waals surface area contributed by atoms with Crippen LogP contribution < -0.4 is 0 Å². The minimum absolute atomic E-state index is 0.163. The second-order valence-corrected chi connectivity index (χ2v) is 3.58. The molecule has 70 valence electrons. The van der Waals surface area contributed by atoms with E-state index in [2.05, 4.69) is 20.8 Å². The fourth-order valence-corrected chi connectivity index (χ4v) is 1.74. The summed E-state index contributed by atoms with van der Waals surface area (Å²) in [6, 6.07) is 0.757. The van der Waals surface area contributed by atoms with Gasteiger partial charge >= 0.3 is 6.09 Å². The quantitative estimate of drug-likeness (QED) is 0.593. The Hall–Kier alpha value is -0.730. The first kappa shape index (κ1) is 9.36. The van der Waals surface area contributed by atoms with Gasteiger partial charge in [-0.3, -0.25) is 4.90 Å². The van der Waals surface area contributed by atoms with Crippen LogP contribution in [0.2, 0.25) is 0 Å². The molecule has 1 rings (SSSR count). The highest BCUT2D eigenvalue weighted by atomic mass is 16.6. The zero-order chi connectivity index (χ0) is 9.30. The molecule has 0 aromatic rings. The van der Waals surface area contributed by atoms with Crippen molar-refractivity contribution in [3.63, 3.8) is 0 Å². The molecule has 3 nitrogen and oxygen atoms in total. The van der Waals surface area contributed by atoms with Crippen molar-refractivity contribution in [2.24, 2.45) is 5.92 Å². The maximum atomic E-state index is 11.2. The van der Waals surface area contributed by atoms with Crippen LogP contribution in [0.1, 0.15) is 27.7 Å². The lowest BCUT2D eigenvalue weighted by atomic mass is 10.1. The predicted octanol–water partition coefficient (Wildman–Crippen LogP) is 1.87. The van der Waals surface area contributed by atoms with E-state index in [4.69, 9.17) is 4.74 Å². The largest absolute Gasteiger partial charge is 0.450 e. The summed E-state index contributed by atoms with van der Waals surface area (Å²) in [6.45, 7) is 8.60. The fourth-order valence-electron chi connectivity index (χ4n) is 1.74. The molecule has 1 saturated heterocycles. The molecule has 0 spiro atoms. The zero-order valence-electron chi connectivity index (χ0n) is 8.20. The van der Waals surface area contributed by atoms with E-state index in [1.165, 1.54) is 0 Å². The molecule has 3 heteroatoms. The smallest absolute Gasteiger partial charge is 0.410 e. The molecule has 0 unspecified atom stereocenters. The average Bonchev–Trinajstić information content (AvgIpc) is 2.62. The second-order valence-electron chi connectivity index (χ2n) is 3.58. The number of ether oxygens (including phenoxy) is 1. The van der Waals surface area contributed by atoms with Crippen molar-refractivity contribution in [3.8, 4) is 0 Å². The van der Waals surface area contributed by atoms with Crippen LogP contribution in [0.5, 0.6) is 0 Å². The third kappa shape index (κ3) is 1.54. The van der Waals surface area contributed by atoms with Gasteiger partial charge in [-0.05, 0) is 19.8 Å². The number of carbonyl (C=O) groups excluding carboxylic acids is 1. The third-order valence-electron chi connectivity index (χ3n) is 2.33. The molecule has 2 atom stereocenters. The van der Waals surface area contributed by atoms with Crippen molar-refractivity contribution < 1.29 is 9.53 Å². The number of nitrogens with zero attached hydrogens (tertiary/aromatic N) is 1. The maximum Gasteiger partial charge on any atom is 0.410 e. The fraction of sp³-hybridized carbons (Fsp3) is 0.889. The summed E-state index contributed by atoms with van der Waals surface area (Å²) in [4.78, 5) is 13.0. The Labute approximate surface area is 73.7 Å². The molecule has 0 saturated carbocycles. The van der Waals surface area contributed by atoms with Gasteiger partial charge in [0.05, 0.1) is 18.7 Å². The van der Waals surface area contributed by atoms with Gasteiger partial charge in [0.25, 0.3) is 0 Å². The van der Waals surface area contributed by atoms with Gasteiger partial charge in [0.2, 0.25) is 0 Å². The Kier molecular flexibility index (Phi) is 2.60. The molecule has 1 heterocycles. The highest BCUT2D eigenvalue weighted by Gasteiger charge is 2.49. The molecule has 0 N–H and O–H groups in total. The van der Waals surface area contributed by atoms with E-state index in [1.54, 1.807) is 4.90 Å². The van der Waals surface area contributed by atoms with Crippen LogP contribution in [0, 0.1) is 5.92 Å². The van der Waals surface area contributed by atoms with Crippen molar-refractivity contribution >= 4 is 6.09 Å². The number of carbonyl (C=O) groups is 1. The van der Waals surface area contributed by atoms with Crippen molar-refractivity contribution in [2.45, 2.75) is 39.8 Å². The monoisotopic (exact) mass is 171 g/mol. The lowest BCUT2D eigenvalue weighted by Gasteiger charge is -2.05. The van der Waals surface area contributed by atoms with Crippen LogP contribution in [0.4, 0.5) is 4.79 Å². The van der Waals surface area contributed by atoms with Crippen molar-refractivity contribution in [2.75, 3.05) is 6.61 Å². The zero-order valence-corrected chi connectivity index (χ0v) is 8.20. The highest BCUT2D eigenvalue weighted by Crippen LogP contribution is 2.34. The van der Waals surface area contributed by atoms with Crippen molar-refractivity contribution in [1.82, 2.24) is 4.90 Å². The third-order valence-corrected chi connectivity index (χ3v) is 2.33. The molecule has 1 amide bonds. The van der Waals surface area contributed by atoms with E-state index in [0.29, 0.717) is 24.6 Å². The minimum atomic E-state index is -0.163. The molecule has 0 aliphatic carbocycles. The summed E-state index contributed by atoms with van der Waals surface area (Å²) < 4.78 is 4.90. The second kappa shape index (κ2) is 3.33. The van der Waals surface area contributed by atoms with Gasteiger partial charge in [0.1, 0.15) is 0 Å². The lowest BCUT2D eigenvalue weighted by Crippen LogP contribution is -2.17. The SMILES string of the molecule is CCOC(=O)N1[C@@H](C)[C@@H]1C(C)C. The molecule has 0 aromatic heterocycles. The standard InChI is InChI=1S/C9H17NO2/c1-5-12-9(11)10-7(4)8(10)6(2)3/h6-8H,5H2,1-4H3/t7-,8-,10?/m0/s1. The van der Waals surface area contributed by atoms with E-state index in [1.807, 2.05) is 6.92 Å². The Balaban J connectivity index is 2.42. The first-order valence-electron chi connectivity index (χ1n) is 4.54. The number of rotatable bonds is 2. The highest BCUT2D eigenvalue weighted by molar-refractivity contribution is 5.72. The average molecular weight is 171 g/mol. The first-order valence-corrected chi connectivity index (χ1v) is 4.54. The molecule has 0 bridgehead atoms. The molecular weight excluding hydrogens is 154 g/mol. The Morgan fingerprint density at radius 2 is 2.17 bits per heavy atom. The van der Waals surface area contributed by atoms with Crippen LogP contribution in [0.15, 0.2) is 0 Å². The van der Waals surface area contributed by atoms with Gasteiger partial charge in [0, 0.05) is 0 Å². The molecule has 0 radical (unpaired) electrons. The van der Waals surface area contributed by atoms with E-state index in [9.17, 15) is 4.79 Å². The molecule has 1 aliphatic heterocycles. The van der Waals surface area contributed by atoms with Gasteiger partial charge in [0.15, 0.2) is 0 Å². The Morgan fingerprint density at radius 1 is 1.58 bits per heavy atom. The molecule has 12 heavy (non-hydrogen) atoms. The summed E-state index contributed by atoms with van der Waals surface area (Å²) in [5.74, 6) is 0.532. The van der Waals surface area contributed by atoms with Crippen LogP contribution >= 0.6 is 0 Å². The molecule has 1 aliphatic rings. The van der Waals surface area contributed by atoms with Gasteiger partial charge in [-0.2, -0.15) is 0 Å². The Morgan fingerprint density at radius 3 is 2.50 bits per heavy atom. The molecule has 0 aromatic carbocycles. The van der Waals surface area contributed by atoms with Gasteiger partial charge < -0.3 is 4.74 Å². The lowest BCUT2D eigenvalue weighted by molar-refractivity contribution is 0.131. The summed E-state index contributed by atoms with van der Waals surface area (Å²) in [5, 5.41) is 0. The van der Waals surface area contributed by atoms with Gasteiger partial charge in [-0.15, -0.1) is 0 Å². The van der Waals surface area contributed by atoms with Crippen molar-refractivity contribution in [1.29, 1.82) is 0 Å². The van der Waals surface area contributed by atoms with Crippen LogP contribution in [-0.2, 0) is 4.74 Å². The number of hydrogen-bond donors (Lipinski definition) is 0. The topological polar surface area (TPSA) is 29.3 Å². The van der Waals surface area contributed by atoms with Crippen molar-refractivity contribution in [3.05, 3.63) is 0 Å². The Bertz CT molecular complexity index is 179. The number of amides is 1. The predicted molar refractivity (Wildman–Crippen MR) is 46.9 cm³/mol. The van der Waals surface area contributed by atoms with E-state index < -0.39 is 0 Å². The summed E-state index contributed by atoms with van der Waals surface area (Å²) in [5.41, 5.74) is 0. The van der Waals surface area contributed by atoms with Gasteiger partial charge in [-0.25, -0.2) is 4.79 Å². The van der Waals surface area contributed by atoms with Crippen LogP contribution in [0.3, 0.4) is 0 Å². The normalized spacial score (nSPS) is 27.6. The van der Waals surface area contributed by atoms with Gasteiger partial charge in [-0.1, -0.05) is 13.8 Å². The first-order chi connectivity index (χ1) is 5.59. The maximum absolute atomic E-state index is 11.2. The minimum Gasteiger partial charge on any atom is -0.450 e.